The summed E-state index contributed by atoms with van der Waals surface area (Å²) in [6.45, 7) is 0.741. The first-order valence-electron chi connectivity index (χ1n) is 6.48. The maximum absolute atomic E-state index is 12.4. The van der Waals surface area contributed by atoms with E-state index in [-0.39, 0.29) is 10.7 Å². The molecule has 0 radical (unpaired) electrons. The van der Waals surface area contributed by atoms with Crippen molar-refractivity contribution in [3.05, 3.63) is 40.7 Å². The average Bonchev–Trinajstić information content (AvgIpc) is 3.00. The molecular formula is C14H13ClF2N2O4. The Morgan fingerprint density at radius 1 is 1.39 bits per heavy atom. The van der Waals surface area contributed by atoms with Gasteiger partial charge in [0.2, 0.25) is 5.76 Å². The third-order valence-electron chi connectivity index (χ3n) is 2.71. The summed E-state index contributed by atoms with van der Waals surface area (Å²) in [6.07, 6.45) is -2.83. The molecule has 2 rings (SSSR count). The number of nitrogens with zero attached hydrogens (tertiary/aromatic N) is 1. The van der Waals surface area contributed by atoms with Gasteiger partial charge in [-0.15, -0.1) is 0 Å². The monoisotopic (exact) mass is 346 g/mol. The Morgan fingerprint density at radius 2 is 2.17 bits per heavy atom. The first-order chi connectivity index (χ1) is 11.0. The predicted octanol–water partition coefficient (Wildman–Crippen LogP) is 3.54. The molecule has 0 bridgehead atoms. The molecule has 0 saturated carbocycles. The lowest BCUT2D eigenvalue weighted by Gasteiger charge is -2.09. The molecule has 0 aliphatic heterocycles. The van der Waals surface area contributed by atoms with E-state index in [9.17, 15) is 13.6 Å². The number of rotatable bonds is 7. The summed E-state index contributed by atoms with van der Waals surface area (Å²) in [5.74, 6) is -0.928. The van der Waals surface area contributed by atoms with Crippen molar-refractivity contribution in [2.24, 2.45) is 0 Å². The van der Waals surface area contributed by atoms with Crippen molar-refractivity contribution in [2.45, 2.75) is 6.43 Å². The number of carbonyl (C=O) groups is 1. The summed E-state index contributed by atoms with van der Waals surface area (Å²) in [7, 11) is 1.55. The average molecular weight is 347 g/mol. The van der Waals surface area contributed by atoms with Crippen molar-refractivity contribution in [1.29, 1.82) is 0 Å². The van der Waals surface area contributed by atoms with Crippen molar-refractivity contribution in [3.8, 4) is 5.75 Å². The van der Waals surface area contributed by atoms with E-state index in [1.54, 1.807) is 19.2 Å². The van der Waals surface area contributed by atoms with Gasteiger partial charge in [-0.3, -0.25) is 4.79 Å². The van der Waals surface area contributed by atoms with Gasteiger partial charge in [0.1, 0.15) is 12.4 Å². The molecule has 1 aromatic heterocycles. The number of aromatic nitrogens is 1. The van der Waals surface area contributed by atoms with Gasteiger partial charge in [0, 0.05) is 18.9 Å². The van der Waals surface area contributed by atoms with E-state index in [2.05, 4.69) is 15.0 Å². The molecule has 0 fully saturated rings. The number of amides is 1. The maximum Gasteiger partial charge on any atom is 0.298 e. The second kappa shape index (κ2) is 7.89. The number of alkyl halides is 2. The smallest absolute Gasteiger partial charge is 0.298 e. The fraction of sp³-hybridized carbons (Fsp3) is 0.286. The summed E-state index contributed by atoms with van der Waals surface area (Å²) >= 11 is 6.03. The topological polar surface area (TPSA) is 73.6 Å². The Kier molecular flexibility index (Phi) is 5.89. The molecule has 2 aromatic rings. The van der Waals surface area contributed by atoms with Gasteiger partial charge in [0.15, 0.2) is 5.69 Å². The second-order valence-electron chi connectivity index (χ2n) is 4.36. The summed E-state index contributed by atoms with van der Waals surface area (Å²) in [4.78, 5) is 11.9. The molecule has 23 heavy (non-hydrogen) atoms. The number of anilines is 1. The van der Waals surface area contributed by atoms with Crippen LogP contribution >= 0.6 is 11.6 Å². The molecular weight excluding hydrogens is 334 g/mol. The quantitative estimate of drug-likeness (QED) is 0.776. The molecule has 6 nitrogen and oxygen atoms in total. The maximum atomic E-state index is 12.4. The first kappa shape index (κ1) is 17.2. The van der Waals surface area contributed by atoms with Crippen LogP contribution in [0.1, 0.15) is 22.7 Å². The second-order valence-corrected chi connectivity index (χ2v) is 4.76. The van der Waals surface area contributed by atoms with Crippen LogP contribution in [0, 0.1) is 0 Å². The van der Waals surface area contributed by atoms with Crippen molar-refractivity contribution in [3.63, 3.8) is 0 Å². The zero-order valence-electron chi connectivity index (χ0n) is 12.0. The normalized spacial score (nSPS) is 10.8. The minimum atomic E-state index is -2.83. The molecule has 9 heteroatoms. The van der Waals surface area contributed by atoms with Gasteiger partial charge in [-0.05, 0) is 18.2 Å². The number of methoxy groups -OCH3 is 1. The van der Waals surface area contributed by atoms with Crippen LogP contribution in [0.4, 0.5) is 14.5 Å². The lowest BCUT2D eigenvalue weighted by atomic mass is 10.3. The number of hydrogen-bond donors (Lipinski definition) is 1. The highest BCUT2D eigenvalue weighted by Crippen LogP contribution is 2.28. The van der Waals surface area contributed by atoms with Gasteiger partial charge in [0.05, 0.1) is 11.6 Å². The first-order valence-corrected chi connectivity index (χ1v) is 6.86. The molecule has 124 valence electrons. The number of halogens is 3. The van der Waals surface area contributed by atoms with Crippen molar-refractivity contribution >= 4 is 23.2 Å². The molecule has 0 unspecified atom stereocenters. The SMILES string of the molecule is COCCOc1ccc(NC(=O)c2cc(C(F)F)on2)cc1Cl. The third kappa shape index (κ3) is 4.64. The summed E-state index contributed by atoms with van der Waals surface area (Å²) in [6, 6.07) is 5.47. The van der Waals surface area contributed by atoms with E-state index >= 15 is 0 Å². The van der Waals surface area contributed by atoms with Crippen molar-refractivity contribution < 1.29 is 27.6 Å². The van der Waals surface area contributed by atoms with Crippen LogP contribution in [0.25, 0.3) is 0 Å². The third-order valence-corrected chi connectivity index (χ3v) is 3.01. The van der Waals surface area contributed by atoms with E-state index in [4.69, 9.17) is 21.1 Å². The lowest BCUT2D eigenvalue weighted by molar-refractivity contribution is 0.100. The molecule has 0 atom stereocenters. The Morgan fingerprint density at radius 3 is 2.78 bits per heavy atom. The largest absolute Gasteiger partial charge is 0.490 e. The minimum Gasteiger partial charge on any atom is -0.490 e. The molecule has 1 N–H and O–H groups in total. The van der Waals surface area contributed by atoms with Gasteiger partial charge in [-0.25, -0.2) is 8.78 Å². The number of nitrogens with one attached hydrogen (secondary N) is 1. The fourth-order valence-electron chi connectivity index (χ4n) is 1.62. The Labute approximate surface area is 135 Å². The van der Waals surface area contributed by atoms with Gasteiger partial charge in [0.25, 0.3) is 12.3 Å². The summed E-state index contributed by atoms with van der Waals surface area (Å²) < 4.78 is 39.4. The summed E-state index contributed by atoms with van der Waals surface area (Å²) in [5.41, 5.74) is 0.109. The number of hydrogen-bond acceptors (Lipinski definition) is 5. The van der Waals surface area contributed by atoms with Crippen LogP contribution in [0.15, 0.2) is 28.8 Å². The van der Waals surface area contributed by atoms with E-state index in [0.29, 0.717) is 24.7 Å². The standard InChI is InChI=1S/C14H13ClF2N2O4/c1-21-4-5-22-11-3-2-8(6-9(11)15)18-14(20)10-7-12(13(16)17)23-19-10/h2-3,6-7,13H,4-5H2,1H3,(H,18,20). The highest BCUT2D eigenvalue weighted by Gasteiger charge is 2.18. The van der Waals surface area contributed by atoms with Gasteiger partial charge in [-0.1, -0.05) is 16.8 Å². The molecule has 1 aromatic carbocycles. The van der Waals surface area contributed by atoms with Crippen LogP contribution < -0.4 is 10.1 Å². The summed E-state index contributed by atoms with van der Waals surface area (Å²) in [5, 5.41) is 6.04. The fourth-order valence-corrected chi connectivity index (χ4v) is 1.86. The Bertz CT molecular complexity index is 679. The van der Waals surface area contributed by atoms with Gasteiger partial charge < -0.3 is 19.3 Å². The van der Waals surface area contributed by atoms with E-state index < -0.39 is 18.1 Å². The van der Waals surface area contributed by atoms with Gasteiger partial charge in [-0.2, -0.15) is 0 Å². The molecule has 1 heterocycles. The lowest BCUT2D eigenvalue weighted by Crippen LogP contribution is -2.12. The predicted molar refractivity (Wildman–Crippen MR) is 78.2 cm³/mol. The highest BCUT2D eigenvalue weighted by molar-refractivity contribution is 6.32. The highest BCUT2D eigenvalue weighted by atomic mass is 35.5. The van der Waals surface area contributed by atoms with Crippen LogP contribution in [-0.2, 0) is 4.74 Å². The number of ether oxygens (including phenoxy) is 2. The minimum absolute atomic E-state index is 0.253. The molecule has 1 amide bonds. The number of benzene rings is 1. The Balaban J connectivity index is 2.01. The zero-order valence-corrected chi connectivity index (χ0v) is 12.8. The number of carbonyl (C=O) groups excluding carboxylic acids is 1. The van der Waals surface area contributed by atoms with Gasteiger partial charge >= 0.3 is 0 Å². The molecule has 0 spiro atoms. The van der Waals surface area contributed by atoms with Crippen LogP contribution in [-0.4, -0.2) is 31.4 Å². The van der Waals surface area contributed by atoms with Crippen LogP contribution in [0.3, 0.4) is 0 Å². The van der Waals surface area contributed by atoms with E-state index in [0.717, 1.165) is 6.07 Å². The van der Waals surface area contributed by atoms with Crippen LogP contribution in [0.2, 0.25) is 5.02 Å². The van der Waals surface area contributed by atoms with Crippen LogP contribution in [0.5, 0.6) is 5.75 Å². The van der Waals surface area contributed by atoms with Crippen molar-refractivity contribution in [2.75, 3.05) is 25.6 Å². The van der Waals surface area contributed by atoms with E-state index in [1.807, 2.05) is 0 Å². The molecule has 0 aliphatic rings. The van der Waals surface area contributed by atoms with Crippen molar-refractivity contribution in [1.82, 2.24) is 5.16 Å². The Hall–Kier alpha value is -2.19. The molecule has 0 aliphatic carbocycles. The zero-order chi connectivity index (χ0) is 16.8. The van der Waals surface area contributed by atoms with E-state index in [1.165, 1.54) is 6.07 Å². The molecule has 0 saturated heterocycles.